The van der Waals surface area contributed by atoms with E-state index in [2.05, 4.69) is 30.0 Å². The smallest absolute Gasteiger partial charge is 0.353 e. The van der Waals surface area contributed by atoms with E-state index in [9.17, 15) is 13.2 Å². The van der Waals surface area contributed by atoms with Gasteiger partial charge in [0.1, 0.15) is 17.2 Å². The first-order valence-electron chi connectivity index (χ1n) is 12.3. The molecule has 0 aromatic carbocycles. The molecular weight excluding hydrogens is 469 g/mol. The van der Waals surface area contributed by atoms with E-state index in [4.69, 9.17) is 4.98 Å². The Balaban J connectivity index is 1.17. The molecule has 2 atom stereocenters. The summed E-state index contributed by atoms with van der Waals surface area (Å²) in [6, 6.07) is 4.44. The lowest BCUT2D eigenvalue weighted by atomic mass is 10.0. The predicted octanol–water partition coefficient (Wildman–Crippen LogP) is 4.20. The molecule has 36 heavy (non-hydrogen) atoms. The fraction of sp³-hybridized carbons (Fsp3) is 0.440. The Morgan fingerprint density at radius 2 is 1.97 bits per heavy atom. The summed E-state index contributed by atoms with van der Waals surface area (Å²) in [5.41, 5.74) is 1.90. The second kappa shape index (κ2) is 7.76. The largest absolute Gasteiger partial charge is 0.417 e. The molecule has 4 aromatic rings. The lowest BCUT2D eigenvalue weighted by Crippen LogP contribution is -2.49. The van der Waals surface area contributed by atoms with Crippen molar-refractivity contribution in [3.8, 4) is 11.5 Å². The van der Waals surface area contributed by atoms with Gasteiger partial charge in [-0.3, -0.25) is 14.4 Å². The lowest BCUT2D eigenvalue weighted by molar-refractivity contribution is -0.137. The Hall–Kier alpha value is -3.47. The molecular formula is C25H25F3N8. The number of alkyl halides is 3. The van der Waals surface area contributed by atoms with Crippen LogP contribution in [0.15, 0.2) is 49.2 Å². The highest BCUT2D eigenvalue weighted by atomic mass is 19.4. The number of aromatic amines is 1. The lowest BCUT2D eigenvalue weighted by Gasteiger charge is -2.42. The van der Waals surface area contributed by atoms with Crippen LogP contribution < -0.4 is 4.90 Å². The number of hydrogen-bond donors (Lipinski definition) is 1. The molecule has 0 bridgehead atoms. The first-order chi connectivity index (χ1) is 17.4. The average Bonchev–Trinajstić information content (AvgIpc) is 3.61. The maximum Gasteiger partial charge on any atom is 0.417 e. The minimum Gasteiger partial charge on any atom is -0.353 e. The monoisotopic (exact) mass is 494 g/mol. The van der Waals surface area contributed by atoms with Crippen LogP contribution in [-0.4, -0.2) is 60.6 Å². The van der Waals surface area contributed by atoms with E-state index in [0.29, 0.717) is 22.6 Å². The Labute approximate surface area is 205 Å². The van der Waals surface area contributed by atoms with Gasteiger partial charge >= 0.3 is 6.18 Å². The number of H-pyrrole nitrogens is 1. The molecule has 11 heteroatoms. The van der Waals surface area contributed by atoms with E-state index < -0.39 is 11.7 Å². The number of halogens is 3. The van der Waals surface area contributed by atoms with E-state index in [-0.39, 0.29) is 6.04 Å². The molecule has 0 amide bonds. The third-order valence-electron chi connectivity index (χ3n) is 8.13. The molecule has 0 radical (unpaired) electrons. The topological polar surface area (TPSA) is 78.2 Å². The van der Waals surface area contributed by atoms with E-state index in [1.165, 1.54) is 35.9 Å². The van der Waals surface area contributed by atoms with Crippen molar-refractivity contribution in [1.29, 1.82) is 0 Å². The molecule has 1 aliphatic heterocycles. The summed E-state index contributed by atoms with van der Waals surface area (Å²) in [4.78, 5) is 18.2. The van der Waals surface area contributed by atoms with Gasteiger partial charge in [0.15, 0.2) is 5.82 Å². The minimum atomic E-state index is -4.44. The van der Waals surface area contributed by atoms with Crippen molar-refractivity contribution in [3.63, 3.8) is 0 Å². The maximum atomic E-state index is 13.3. The van der Waals surface area contributed by atoms with Crippen LogP contribution in [0.5, 0.6) is 0 Å². The van der Waals surface area contributed by atoms with Gasteiger partial charge in [0.25, 0.3) is 0 Å². The predicted molar refractivity (Wildman–Crippen MR) is 126 cm³/mol. The first-order valence-corrected chi connectivity index (χ1v) is 12.3. The maximum absolute atomic E-state index is 13.3. The number of rotatable bonds is 5. The van der Waals surface area contributed by atoms with E-state index in [1.807, 2.05) is 18.5 Å². The third kappa shape index (κ3) is 3.73. The van der Waals surface area contributed by atoms with Crippen LogP contribution in [0.3, 0.4) is 0 Å². The summed E-state index contributed by atoms with van der Waals surface area (Å²) in [5, 5.41) is 7.13. The number of imidazole rings is 1. The highest BCUT2D eigenvalue weighted by molar-refractivity contribution is 5.59. The fourth-order valence-electron chi connectivity index (χ4n) is 5.71. The van der Waals surface area contributed by atoms with Crippen LogP contribution in [0.2, 0.25) is 0 Å². The molecule has 1 N–H and O–H groups in total. The number of piperazine rings is 1. The fourth-order valence-corrected chi connectivity index (χ4v) is 5.71. The molecule has 5 heterocycles. The Bertz CT molecular complexity index is 1410. The minimum absolute atomic E-state index is 0.192. The van der Waals surface area contributed by atoms with Gasteiger partial charge in [-0.05, 0) is 48.8 Å². The highest BCUT2D eigenvalue weighted by Crippen LogP contribution is 2.70. The molecule has 0 unspecified atom stereocenters. The summed E-state index contributed by atoms with van der Waals surface area (Å²) in [5.74, 6) is 1.90. The molecule has 4 aromatic heterocycles. The second-order valence-corrected chi connectivity index (χ2v) is 10.3. The van der Waals surface area contributed by atoms with Crippen LogP contribution in [0.4, 0.5) is 19.0 Å². The molecule has 2 saturated carbocycles. The highest BCUT2D eigenvalue weighted by Gasteiger charge is 2.62. The average molecular weight is 495 g/mol. The van der Waals surface area contributed by atoms with Crippen molar-refractivity contribution in [2.75, 3.05) is 31.1 Å². The Kier molecular flexibility index (Phi) is 4.70. The second-order valence-electron chi connectivity index (χ2n) is 10.3. The summed E-state index contributed by atoms with van der Waals surface area (Å²) >= 11 is 0. The first kappa shape index (κ1) is 21.8. The number of aromatic nitrogens is 6. The van der Waals surface area contributed by atoms with Crippen molar-refractivity contribution >= 4 is 11.5 Å². The van der Waals surface area contributed by atoms with Crippen LogP contribution >= 0.6 is 0 Å². The van der Waals surface area contributed by atoms with Gasteiger partial charge in [-0.1, -0.05) is 0 Å². The quantitative estimate of drug-likeness (QED) is 0.448. The van der Waals surface area contributed by atoms with Crippen molar-refractivity contribution in [1.82, 2.24) is 34.4 Å². The summed E-state index contributed by atoms with van der Waals surface area (Å²) < 4.78 is 41.3. The Morgan fingerprint density at radius 1 is 1.08 bits per heavy atom. The number of anilines is 1. The van der Waals surface area contributed by atoms with Crippen LogP contribution in [0, 0.1) is 11.3 Å². The van der Waals surface area contributed by atoms with Gasteiger partial charge in [0, 0.05) is 50.3 Å². The van der Waals surface area contributed by atoms with Gasteiger partial charge in [0.05, 0.1) is 24.0 Å². The normalized spacial score (nSPS) is 23.5. The number of pyridine rings is 1. The van der Waals surface area contributed by atoms with Crippen molar-refractivity contribution in [2.24, 2.45) is 11.3 Å². The van der Waals surface area contributed by atoms with Gasteiger partial charge in [-0.25, -0.2) is 15.0 Å². The van der Waals surface area contributed by atoms with Crippen molar-refractivity contribution in [2.45, 2.75) is 31.5 Å². The van der Waals surface area contributed by atoms with Crippen molar-refractivity contribution < 1.29 is 13.2 Å². The van der Waals surface area contributed by atoms with E-state index >= 15 is 0 Å². The van der Waals surface area contributed by atoms with Crippen LogP contribution in [0.25, 0.3) is 17.2 Å². The van der Waals surface area contributed by atoms with Crippen molar-refractivity contribution in [3.05, 3.63) is 60.3 Å². The van der Waals surface area contributed by atoms with E-state index in [1.54, 1.807) is 6.20 Å². The summed E-state index contributed by atoms with van der Waals surface area (Å²) in [6.45, 7) is 3.59. The van der Waals surface area contributed by atoms with E-state index in [0.717, 1.165) is 55.7 Å². The molecule has 3 fully saturated rings. The molecule has 1 spiro atoms. The summed E-state index contributed by atoms with van der Waals surface area (Å²) in [6.07, 6.45) is 7.75. The van der Waals surface area contributed by atoms with Gasteiger partial charge in [0.2, 0.25) is 0 Å². The standard InChI is InChI=1S/C25H25F3N8/c26-25(27,28)17-1-2-21-30-12-19(36(21)14-17)23-29-6-3-22(33-23)35-8-7-34(13-18-9-24(18)4-5-24)20(15-35)16-10-31-32-11-16/h1-3,6,10-12,14,18,20H,4-5,7-9,13,15H2,(H,31,32)/t18-,20-/m1/s1. The number of fused-ring (bicyclic) bond motifs is 1. The number of nitrogens with zero attached hydrogens (tertiary/aromatic N) is 7. The zero-order valence-corrected chi connectivity index (χ0v) is 19.5. The molecule has 2 aliphatic carbocycles. The van der Waals surface area contributed by atoms with Crippen LogP contribution in [0.1, 0.15) is 36.4 Å². The number of nitrogens with one attached hydrogen (secondary N) is 1. The molecule has 186 valence electrons. The van der Waals surface area contributed by atoms with Gasteiger partial charge < -0.3 is 4.90 Å². The molecule has 7 rings (SSSR count). The molecule has 3 aliphatic rings. The zero-order chi connectivity index (χ0) is 24.5. The number of hydrogen-bond acceptors (Lipinski definition) is 6. The van der Waals surface area contributed by atoms with Crippen LogP contribution in [-0.2, 0) is 6.18 Å². The SMILES string of the molecule is FC(F)(F)c1ccc2ncc(-c3nccc(N4CCN(C[C@H]5CC56CC6)[C@@H](c5cn[nH]c5)C4)n3)n2c1. The zero-order valence-electron chi connectivity index (χ0n) is 19.5. The third-order valence-corrected chi connectivity index (χ3v) is 8.13. The van der Waals surface area contributed by atoms with Gasteiger partial charge in [-0.15, -0.1) is 0 Å². The molecule has 1 saturated heterocycles. The molecule has 8 nitrogen and oxygen atoms in total. The Morgan fingerprint density at radius 3 is 2.72 bits per heavy atom. The van der Waals surface area contributed by atoms with Gasteiger partial charge in [-0.2, -0.15) is 18.3 Å². The summed E-state index contributed by atoms with van der Waals surface area (Å²) in [7, 11) is 0.